The molecule has 0 atom stereocenters. The highest BCUT2D eigenvalue weighted by molar-refractivity contribution is 5.91. The summed E-state index contributed by atoms with van der Waals surface area (Å²) in [5.41, 5.74) is 0.129. The van der Waals surface area contributed by atoms with E-state index >= 15 is 0 Å². The molecule has 0 aliphatic heterocycles. The van der Waals surface area contributed by atoms with Crippen molar-refractivity contribution in [2.75, 3.05) is 5.32 Å². The molecule has 0 saturated heterocycles. The Labute approximate surface area is 134 Å². The van der Waals surface area contributed by atoms with Crippen LogP contribution in [0.25, 0.3) is 5.69 Å². The second kappa shape index (κ2) is 6.19. The van der Waals surface area contributed by atoms with Gasteiger partial charge in [0.25, 0.3) is 0 Å². The molecule has 124 valence electrons. The van der Waals surface area contributed by atoms with Crippen molar-refractivity contribution < 1.29 is 18.0 Å². The lowest BCUT2D eigenvalue weighted by atomic mass is 10.2. The van der Waals surface area contributed by atoms with E-state index in [1.165, 1.54) is 35.3 Å². The number of benzene rings is 1. The van der Waals surface area contributed by atoms with Crippen molar-refractivity contribution in [3.05, 3.63) is 60.0 Å². The van der Waals surface area contributed by atoms with Crippen molar-refractivity contribution >= 4 is 11.7 Å². The maximum absolute atomic E-state index is 12.7. The quantitative estimate of drug-likeness (QED) is 0.770. The van der Waals surface area contributed by atoms with Crippen LogP contribution >= 0.6 is 0 Å². The smallest absolute Gasteiger partial charge is 0.309 e. The van der Waals surface area contributed by atoms with Gasteiger partial charge in [-0.2, -0.15) is 23.4 Å². The lowest BCUT2D eigenvalue weighted by molar-refractivity contribution is -0.137. The van der Waals surface area contributed by atoms with E-state index in [1.54, 1.807) is 6.07 Å². The van der Waals surface area contributed by atoms with Crippen LogP contribution in [0.4, 0.5) is 19.0 Å². The molecule has 2 heterocycles. The fourth-order valence-electron chi connectivity index (χ4n) is 2.10. The molecule has 24 heavy (non-hydrogen) atoms. The molecule has 0 radical (unpaired) electrons. The van der Waals surface area contributed by atoms with Crippen molar-refractivity contribution in [3.63, 3.8) is 0 Å². The molecule has 1 aromatic carbocycles. The van der Waals surface area contributed by atoms with E-state index in [0.29, 0.717) is 5.69 Å². The third-order valence-electron chi connectivity index (χ3n) is 3.20. The largest absolute Gasteiger partial charge is 0.416 e. The van der Waals surface area contributed by atoms with Gasteiger partial charge >= 0.3 is 6.18 Å². The molecular weight excluding hydrogens is 323 g/mol. The third-order valence-corrected chi connectivity index (χ3v) is 3.20. The molecule has 0 aliphatic carbocycles. The number of nitrogens with zero attached hydrogens (tertiary/aromatic N) is 3. The Hall–Kier alpha value is -3.10. The number of aromatic nitrogens is 4. The number of halogens is 3. The van der Waals surface area contributed by atoms with E-state index in [1.807, 2.05) is 0 Å². The second-order valence-corrected chi connectivity index (χ2v) is 5.00. The zero-order valence-electron chi connectivity index (χ0n) is 12.2. The van der Waals surface area contributed by atoms with Crippen molar-refractivity contribution in [1.29, 1.82) is 0 Å². The molecule has 3 rings (SSSR count). The topological polar surface area (TPSA) is 75.6 Å². The summed E-state index contributed by atoms with van der Waals surface area (Å²) in [4.78, 5) is 11.9. The van der Waals surface area contributed by atoms with Gasteiger partial charge in [0.05, 0.1) is 17.7 Å². The van der Waals surface area contributed by atoms with Crippen LogP contribution in [0, 0.1) is 0 Å². The number of anilines is 1. The minimum Gasteiger partial charge on any atom is -0.309 e. The highest BCUT2D eigenvalue weighted by Crippen LogP contribution is 2.30. The predicted molar refractivity (Wildman–Crippen MR) is 79.5 cm³/mol. The van der Waals surface area contributed by atoms with Crippen LogP contribution in [0.2, 0.25) is 0 Å². The molecule has 0 aliphatic rings. The third kappa shape index (κ3) is 3.62. The molecule has 0 saturated carbocycles. The van der Waals surface area contributed by atoms with Crippen LogP contribution in [0.3, 0.4) is 0 Å². The van der Waals surface area contributed by atoms with Crippen LogP contribution < -0.4 is 5.32 Å². The number of amides is 1. The van der Waals surface area contributed by atoms with Gasteiger partial charge in [0.15, 0.2) is 5.82 Å². The summed E-state index contributed by atoms with van der Waals surface area (Å²) in [7, 11) is 0. The predicted octanol–water partition coefficient (Wildman–Crippen LogP) is 2.80. The Morgan fingerprint density at radius 1 is 1.25 bits per heavy atom. The van der Waals surface area contributed by atoms with Gasteiger partial charge in [-0.05, 0) is 24.3 Å². The Kier molecular flexibility index (Phi) is 4.07. The van der Waals surface area contributed by atoms with Crippen LogP contribution in [0.1, 0.15) is 11.3 Å². The summed E-state index contributed by atoms with van der Waals surface area (Å²) in [6.07, 6.45) is -1.33. The van der Waals surface area contributed by atoms with E-state index in [0.717, 1.165) is 12.1 Å². The van der Waals surface area contributed by atoms with Gasteiger partial charge in [0, 0.05) is 24.2 Å². The van der Waals surface area contributed by atoms with Gasteiger partial charge in [-0.1, -0.05) is 6.07 Å². The molecule has 6 nitrogen and oxygen atoms in total. The second-order valence-electron chi connectivity index (χ2n) is 5.00. The van der Waals surface area contributed by atoms with Crippen LogP contribution in [0.15, 0.2) is 48.8 Å². The first-order valence-electron chi connectivity index (χ1n) is 6.93. The first-order valence-corrected chi connectivity index (χ1v) is 6.93. The summed E-state index contributed by atoms with van der Waals surface area (Å²) in [5, 5.41) is 13.0. The van der Waals surface area contributed by atoms with Crippen LogP contribution in [0.5, 0.6) is 0 Å². The van der Waals surface area contributed by atoms with Gasteiger partial charge in [-0.25, -0.2) is 4.68 Å². The number of carbonyl (C=O) groups is 1. The van der Waals surface area contributed by atoms with E-state index in [4.69, 9.17) is 0 Å². The monoisotopic (exact) mass is 335 g/mol. The Morgan fingerprint density at radius 3 is 2.79 bits per heavy atom. The average molecular weight is 335 g/mol. The summed E-state index contributed by atoms with van der Waals surface area (Å²) < 4.78 is 39.5. The molecule has 3 aromatic rings. The van der Waals surface area contributed by atoms with Gasteiger partial charge in [-0.3, -0.25) is 9.89 Å². The first-order chi connectivity index (χ1) is 11.4. The lowest BCUT2D eigenvalue weighted by Gasteiger charge is -2.08. The fourth-order valence-corrected chi connectivity index (χ4v) is 2.10. The van der Waals surface area contributed by atoms with Crippen LogP contribution in [-0.4, -0.2) is 25.9 Å². The minimum atomic E-state index is -4.43. The van der Waals surface area contributed by atoms with Gasteiger partial charge in [0.1, 0.15) is 0 Å². The summed E-state index contributed by atoms with van der Waals surface area (Å²) in [6, 6.07) is 7.95. The van der Waals surface area contributed by atoms with E-state index in [9.17, 15) is 18.0 Å². The number of carbonyl (C=O) groups excluding carboxylic acids is 1. The normalized spacial score (nSPS) is 11.5. The van der Waals surface area contributed by atoms with Crippen molar-refractivity contribution in [2.24, 2.45) is 0 Å². The van der Waals surface area contributed by atoms with E-state index < -0.39 is 11.7 Å². The number of alkyl halides is 3. The molecule has 0 bridgehead atoms. The summed E-state index contributed by atoms with van der Waals surface area (Å²) in [5.74, 6) is -0.0644. The molecule has 1 amide bonds. The fraction of sp³-hybridized carbons (Fsp3) is 0.133. The zero-order chi connectivity index (χ0) is 17.2. The van der Waals surface area contributed by atoms with Crippen molar-refractivity contribution in [1.82, 2.24) is 20.0 Å². The molecular formula is C15H12F3N5O. The maximum Gasteiger partial charge on any atom is 0.416 e. The molecule has 0 unspecified atom stereocenters. The Balaban J connectivity index is 1.72. The number of rotatable bonds is 4. The van der Waals surface area contributed by atoms with Gasteiger partial charge in [0.2, 0.25) is 5.91 Å². The number of hydrogen-bond acceptors (Lipinski definition) is 3. The standard InChI is InChI=1S/C15H12F3N5O/c16-15(17,18)10-2-1-3-12(8-10)23-7-5-13(22-23)20-14(24)9-11-4-6-19-21-11/h1-8H,9H2,(H,19,21)(H,20,22,24). The van der Waals surface area contributed by atoms with Gasteiger partial charge < -0.3 is 5.32 Å². The highest BCUT2D eigenvalue weighted by Gasteiger charge is 2.30. The average Bonchev–Trinajstić information content (AvgIpc) is 3.18. The summed E-state index contributed by atoms with van der Waals surface area (Å²) >= 11 is 0. The Morgan fingerprint density at radius 2 is 2.08 bits per heavy atom. The molecule has 9 heteroatoms. The molecule has 2 aromatic heterocycles. The van der Waals surface area contributed by atoms with Gasteiger partial charge in [-0.15, -0.1) is 0 Å². The highest BCUT2D eigenvalue weighted by atomic mass is 19.4. The van der Waals surface area contributed by atoms with Crippen LogP contribution in [-0.2, 0) is 17.4 Å². The molecule has 0 fully saturated rings. The molecule has 2 N–H and O–H groups in total. The van der Waals surface area contributed by atoms with E-state index in [2.05, 4.69) is 20.6 Å². The first kappa shape index (κ1) is 15.8. The Bertz CT molecular complexity index is 839. The van der Waals surface area contributed by atoms with Crippen molar-refractivity contribution in [3.8, 4) is 5.69 Å². The minimum absolute atomic E-state index is 0.0937. The number of nitrogens with one attached hydrogen (secondary N) is 2. The summed E-state index contributed by atoms with van der Waals surface area (Å²) in [6.45, 7) is 0. The zero-order valence-corrected chi connectivity index (χ0v) is 12.2. The van der Waals surface area contributed by atoms with Crippen molar-refractivity contribution in [2.45, 2.75) is 12.6 Å². The SMILES string of the molecule is O=C(Cc1ccn[nH]1)Nc1ccn(-c2cccc(C(F)(F)F)c2)n1. The number of hydrogen-bond donors (Lipinski definition) is 2. The lowest BCUT2D eigenvalue weighted by Crippen LogP contribution is -2.15. The number of H-pyrrole nitrogens is 1. The number of aromatic amines is 1. The maximum atomic E-state index is 12.7. The van der Waals surface area contributed by atoms with E-state index in [-0.39, 0.29) is 23.8 Å². The molecule has 0 spiro atoms.